The normalized spacial score (nSPS) is 12.3. The zero-order chi connectivity index (χ0) is 23.7. The average molecular weight is 461 g/mol. The summed E-state index contributed by atoms with van der Waals surface area (Å²) in [6.07, 6.45) is 3.87. The van der Waals surface area contributed by atoms with Gasteiger partial charge >= 0.3 is 5.97 Å². The molecule has 0 spiro atoms. The maximum Gasteiger partial charge on any atom is 0.336 e. The highest BCUT2D eigenvalue weighted by Gasteiger charge is 2.21. The SMILES string of the molecule is CNC(=O)c1ccc(-c2ccc3c(c2)CN(C(C)=O)c2ccc(Cl)cc2C=C3)c(C(=O)O)c1. The third kappa shape index (κ3) is 4.38. The first kappa shape index (κ1) is 22.3. The van der Waals surface area contributed by atoms with E-state index >= 15 is 0 Å². The number of carbonyl (C=O) groups is 3. The van der Waals surface area contributed by atoms with E-state index in [4.69, 9.17) is 11.6 Å². The first-order valence-corrected chi connectivity index (χ1v) is 10.6. The molecule has 0 fully saturated rings. The van der Waals surface area contributed by atoms with Crippen molar-refractivity contribution in [1.29, 1.82) is 0 Å². The number of halogens is 1. The van der Waals surface area contributed by atoms with Crippen molar-refractivity contribution >= 4 is 47.2 Å². The third-order valence-electron chi connectivity index (χ3n) is 5.62. The summed E-state index contributed by atoms with van der Waals surface area (Å²) in [5.41, 5.74) is 4.84. The van der Waals surface area contributed by atoms with E-state index in [1.54, 1.807) is 23.1 Å². The zero-order valence-electron chi connectivity index (χ0n) is 18.1. The van der Waals surface area contributed by atoms with E-state index in [-0.39, 0.29) is 22.9 Å². The number of anilines is 1. The summed E-state index contributed by atoms with van der Waals surface area (Å²) < 4.78 is 0. The van der Waals surface area contributed by atoms with Crippen molar-refractivity contribution in [2.24, 2.45) is 0 Å². The van der Waals surface area contributed by atoms with Gasteiger partial charge in [0.2, 0.25) is 5.91 Å². The van der Waals surface area contributed by atoms with Crippen molar-refractivity contribution in [3.8, 4) is 11.1 Å². The van der Waals surface area contributed by atoms with Crippen LogP contribution in [0.15, 0.2) is 54.6 Å². The zero-order valence-corrected chi connectivity index (χ0v) is 18.8. The number of hydrogen-bond acceptors (Lipinski definition) is 3. The average Bonchev–Trinajstić information content (AvgIpc) is 2.79. The van der Waals surface area contributed by atoms with Crippen molar-refractivity contribution in [2.45, 2.75) is 13.5 Å². The number of hydrogen-bond donors (Lipinski definition) is 2. The number of fused-ring (bicyclic) bond motifs is 2. The summed E-state index contributed by atoms with van der Waals surface area (Å²) in [6, 6.07) is 15.6. The second kappa shape index (κ2) is 8.92. The van der Waals surface area contributed by atoms with E-state index < -0.39 is 5.97 Å². The van der Waals surface area contributed by atoms with Crippen LogP contribution in [-0.4, -0.2) is 29.9 Å². The van der Waals surface area contributed by atoms with Crippen molar-refractivity contribution < 1.29 is 19.5 Å². The van der Waals surface area contributed by atoms with Gasteiger partial charge in [-0.3, -0.25) is 9.59 Å². The lowest BCUT2D eigenvalue weighted by molar-refractivity contribution is -0.116. The van der Waals surface area contributed by atoms with Crippen LogP contribution in [0.3, 0.4) is 0 Å². The number of carboxylic acids is 1. The van der Waals surface area contributed by atoms with Gasteiger partial charge in [-0.2, -0.15) is 0 Å². The molecule has 3 aromatic carbocycles. The van der Waals surface area contributed by atoms with Gasteiger partial charge in [-0.05, 0) is 64.2 Å². The molecule has 0 atom stereocenters. The molecular weight excluding hydrogens is 440 g/mol. The van der Waals surface area contributed by atoms with Gasteiger partial charge in [0.25, 0.3) is 5.91 Å². The fourth-order valence-corrected chi connectivity index (χ4v) is 4.13. The summed E-state index contributed by atoms with van der Waals surface area (Å²) in [5, 5.41) is 12.9. The summed E-state index contributed by atoms with van der Waals surface area (Å²) in [7, 11) is 1.49. The first-order chi connectivity index (χ1) is 15.8. The lowest BCUT2D eigenvalue weighted by atomic mass is 9.93. The highest BCUT2D eigenvalue weighted by Crippen LogP contribution is 2.33. The quantitative estimate of drug-likeness (QED) is 0.569. The topological polar surface area (TPSA) is 86.7 Å². The minimum atomic E-state index is -1.13. The monoisotopic (exact) mass is 460 g/mol. The van der Waals surface area contributed by atoms with E-state index in [2.05, 4.69) is 5.32 Å². The van der Waals surface area contributed by atoms with E-state index in [1.165, 1.54) is 20.0 Å². The van der Waals surface area contributed by atoms with Crippen LogP contribution < -0.4 is 10.2 Å². The Kier molecular flexibility index (Phi) is 6.03. The fourth-order valence-electron chi connectivity index (χ4n) is 3.95. The highest BCUT2D eigenvalue weighted by molar-refractivity contribution is 6.31. The van der Waals surface area contributed by atoms with Crippen LogP contribution in [0.25, 0.3) is 23.3 Å². The van der Waals surface area contributed by atoms with E-state index in [1.807, 2.05) is 42.5 Å². The smallest absolute Gasteiger partial charge is 0.336 e. The van der Waals surface area contributed by atoms with Gasteiger partial charge in [0.1, 0.15) is 0 Å². The Morgan fingerprint density at radius 2 is 1.73 bits per heavy atom. The molecule has 6 nitrogen and oxygen atoms in total. The molecule has 2 N–H and O–H groups in total. The summed E-state index contributed by atoms with van der Waals surface area (Å²) in [4.78, 5) is 38.1. The Bertz CT molecular complexity index is 1330. The molecule has 2 amide bonds. The molecule has 3 aromatic rings. The molecule has 0 saturated heterocycles. The molecule has 1 heterocycles. The molecule has 0 radical (unpaired) electrons. The number of benzene rings is 3. The molecule has 33 heavy (non-hydrogen) atoms. The van der Waals surface area contributed by atoms with Gasteiger partial charge in [-0.25, -0.2) is 4.79 Å². The van der Waals surface area contributed by atoms with E-state index in [0.717, 1.165) is 22.4 Å². The molecule has 1 aliphatic heterocycles. The van der Waals surface area contributed by atoms with Crippen molar-refractivity contribution in [1.82, 2.24) is 5.32 Å². The van der Waals surface area contributed by atoms with Gasteiger partial charge in [0.05, 0.1) is 17.8 Å². The van der Waals surface area contributed by atoms with Gasteiger partial charge < -0.3 is 15.3 Å². The van der Waals surface area contributed by atoms with Crippen LogP contribution in [0.2, 0.25) is 5.02 Å². The van der Waals surface area contributed by atoms with Gasteiger partial charge in [-0.1, -0.05) is 42.0 Å². The Morgan fingerprint density at radius 3 is 2.42 bits per heavy atom. The Labute approximate surface area is 196 Å². The molecule has 0 unspecified atom stereocenters. The summed E-state index contributed by atoms with van der Waals surface area (Å²) >= 11 is 6.16. The number of nitrogens with one attached hydrogen (secondary N) is 1. The van der Waals surface area contributed by atoms with E-state index in [9.17, 15) is 19.5 Å². The molecule has 4 rings (SSSR count). The molecule has 7 heteroatoms. The van der Waals surface area contributed by atoms with Crippen molar-refractivity contribution in [2.75, 3.05) is 11.9 Å². The van der Waals surface area contributed by atoms with Gasteiger partial charge in [0.15, 0.2) is 0 Å². The molecule has 0 aliphatic carbocycles. The summed E-state index contributed by atoms with van der Waals surface area (Å²) in [6.45, 7) is 1.82. The number of amides is 2. The molecule has 1 aliphatic rings. The van der Waals surface area contributed by atoms with Crippen LogP contribution in [0.5, 0.6) is 0 Å². The predicted octanol–water partition coefficient (Wildman–Crippen LogP) is 5.10. The van der Waals surface area contributed by atoms with Crippen LogP contribution in [0, 0.1) is 0 Å². The fraction of sp³-hybridized carbons (Fsp3) is 0.115. The second-order valence-electron chi connectivity index (χ2n) is 7.70. The van der Waals surface area contributed by atoms with E-state index in [0.29, 0.717) is 22.7 Å². The minimum Gasteiger partial charge on any atom is -0.478 e. The Morgan fingerprint density at radius 1 is 0.970 bits per heavy atom. The number of carboxylic acid groups (broad SMARTS) is 1. The standard InChI is InChI=1S/C26H21ClN2O4/c1-15(30)29-14-20-11-17(22-9-7-19(25(31)28-2)13-23(22)26(32)33)5-3-16(20)4-6-18-12-21(27)8-10-24(18)29/h3-13H,14H2,1-2H3,(H,28,31)(H,32,33). The van der Waals surface area contributed by atoms with Gasteiger partial charge in [0, 0.05) is 24.6 Å². The maximum atomic E-state index is 12.5. The van der Waals surface area contributed by atoms with Crippen molar-refractivity contribution in [3.05, 3.63) is 87.4 Å². The van der Waals surface area contributed by atoms with Crippen LogP contribution in [0.1, 0.15) is 44.3 Å². The largest absolute Gasteiger partial charge is 0.478 e. The highest BCUT2D eigenvalue weighted by atomic mass is 35.5. The lowest BCUT2D eigenvalue weighted by Crippen LogP contribution is -2.29. The molecule has 0 saturated carbocycles. The molecule has 0 aromatic heterocycles. The maximum absolute atomic E-state index is 12.5. The number of aromatic carboxylic acids is 1. The number of carbonyl (C=O) groups excluding carboxylic acids is 2. The van der Waals surface area contributed by atoms with Crippen molar-refractivity contribution in [3.63, 3.8) is 0 Å². The van der Waals surface area contributed by atoms with Crippen LogP contribution in [0.4, 0.5) is 5.69 Å². The van der Waals surface area contributed by atoms with Crippen LogP contribution in [-0.2, 0) is 11.3 Å². The Hall–Kier alpha value is -3.90. The third-order valence-corrected chi connectivity index (χ3v) is 5.86. The molecule has 166 valence electrons. The summed E-state index contributed by atoms with van der Waals surface area (Å²) in [5.74, 6) is -1.60. The number of rotatable bonds is 3. The van der Waals surface area contributed by atoms with Gasteiger partial charge in [-0.15, -0.1) is 0 Å². The second-order valence-corrected chi connectivity index (χ2v) is 8.14. The Balaban J connectivity index is 1.83. The first-order valence-electron chi connectivity index (χ1n) is 10.3. The predicted molar refractivity (Wildman–Crippen MR) is 129 cm³/mol. The molecule has 0 bridgehead atoms. The minimum absolute atomic E-state index is 0.0286. The molecular formula is C26H21ClN2O4. The van der Waals surface area contributed by atoms with Crippen LogP contribution >= 0.6 is 11.6 Å². The lowest BCUT2D eigenvalue weighted by Gasteiger charge is -2.26. The number of nitrogens with zero attached hydrogens (tertiary/aromatic N) is 1.